The molecule has 3 rings (SSSR count). The molecule has 1 amide bonds. The van der Waals surface area contributed by atoms with Crippen LogP contribution in [0.1, 0.15) is 37.9 Å². The standard InChI is InChI=1S/C17H20FN3O2/c18-13-8-6-12(7-9-13)15-10-19-16(20-15)11-21(17(22)23)14-4-2-1-3-5-14/h6-10,14H,1-5,11H2,(H,19,20)(H,22,23). The number of benzene rings is 1. The van der Waals surface area contributed by atoms with E-state index in [-0.39, 0.29) is 18.4 Å². The molecule has 1 aromatic carbocycles. The molecule has 0 atom stereocenters. The van der Waals surface area contributed by atoms with Crippen molar-refractivity contribution in [2.24, 2.45) is 0 Å². The van der Waals surface area contributed by atoms with Gasteiger partial charge in [0.2, 0.25) is 0 Å². The van der Waals surface area contributed by atoms with E-state index in [1.54, 1.807) is 18.3 Å². The van der Waals surface area contributed by atoms with Gasteiger partial charge in [0.15, 0.2) is 0 Å². The third-order valence-corrected chi connectivity index (χ3v) is 4.35. The van der Waals surface area contributed by atoms with E-state index in [0.717, 1.165) is 31.2 Å². The van der Waals surface area contributed by atoms with Gasteiger partial charge in [0, 0.05) is 17.8 Å². The molecule has 23 heavy (non-hydrogen) atoms. The summed E-state index contributed by atoms with van der Waals surface area (Å²) in [5.41, 5.74) is 1.49. The number of carbonyl (C=O) groups is 1. The second kappa shape index (κ2) is 6.81. The van der Waals surface area contributed by atoms with Gasteiger partial charge in [-0.05, 0) is 37.1 Å². The molecule has 0 aliphatic heterocycles. The fraction of sp³-hybridized carbons (Fsp3) is 0.412. The molecule has 2 aromatic rings. The van der Waals surface area contributed by atoms with E-state index in [1.807, 2.05) is 0 Å². The Balaban J connectivity index is 1.73. The highest BCUT2D eigenvalue weighted by Crippen LogP contribution is 2.24. The van der Waals surface area contributed by atoms with Crippen molar-refractivity contribution in [2.75, 3.05) is 0 Å². The molecular formula is C17H20FN3O2. The zero-order valence-corrected chi connectivity index (χ0v) is 12.8. The Morgan fingerprint density at radius 3 is 2.61 bits per heavy atom. The molecule has 0 bridgehead atoms. The summed E-state index contributed by atoms with van der Waals surface area (Å²) < 4.78 is 13.0. The summed E-state index contributed by atoms with van der Waals surface area (Å²) in [6.45, 7) is 0.251. The van der Waals surface area contributed by atoms with Crippen molar-refractivity contribution in [3.05, 3.63) is 42.1 Å². The molecule has 0 saturated heterocycles. The van der Waals surface area contributed by atoms with Gasteiger partial charge in [-0.25, -0.2) is 14.2 Å². The topological polar surface area (TPSA) is 69.2 Å². The average molecular weight is 317 g/mol. The number of imidazole rings is 1. The fourth-order valence-electron chi connectivity index (χ4n) is 3.12. The van der Waals surface area contributed by atoms with Crippen molar-refractivity contribution in [1.29, 1.82) is 0 Å². The van der Waals surface area contributed by atoms with Crippen LogP contribution in [0.3, 0.4) is 0 Å². The molecule has 0 unspecified atom stereocenters. The lowest BCUT2D eigenvalue weighted by Gasteiger charge is -2.31. The molecule has 5 nitrogen and oxygen atoms in total. The minimum absolute atomic E-state index is 0.0700. The number of aromatic amines is 1. The average Bonchev–Trinajstić information content (AvgIpc) is 3.02. The monoisotopic (exact) mass is 317 g/mol. The zero-order chi connectivity index (χ0) is 16.2. The number of H-pyrrole nitrogens is 1. The van der Waals surface area contributed by atoms with Crippen LogP contribution < -0.4 is 0 Å². The summed E-state index contributed by atoms with van der Waals surface area (Å²) in [6.07, 6.45) is 5.98. The highest BCUT2D eigenvalue weighted by atomic mass is 19.1. The van der Waals surface area contributed by atoms with Gasteiger partial charge in [-0.15, -0.1) is 0 Å². The number of nitrogens with one attached hydrogen (secondary N) is 1. The highest BCUT2D eigenvalue weighted by Gasteiger charge is 2.26. The number of halogens is 1. The third-order valence-electron chi connectivity index (χ3n) is 4.35. The number of hydrogen-bond donors (Lipinski definition) is 2. The van der Waals surface area contributed by atoms with Crippen LogP contribution in [0, 0.1) is 5.82 Å². The van der Waals surface area contributed by atoms with E-state index >= 15 is 0 Å². The Labute approximate surface area is 134 Å². The van der Waals surface area contributed by atoms with E-state index in [9.17, 15) is 14.3 Å². The summed E-state index contributed by atoms with van der Waals surface area (Å²) >= 11 is 0. The third kappa shape index (κ3) is 3.70. The Morgan fingerprint density at radius 2 is 1.96 bits per heavy atom. The zero-order valence-electron chi connectivity index (χ0n) is 12.8. The summed E-state index contributed by atoms with van der Waals surface area (Å²) in [4.78, 5) is 20.5. The van der Waals surface area contributed by atoms with Crippen molar-refractivity contribution in [3.63, 3.8) is 0 Å². The summed E-state index contributed by atoms with van der Waals surface area (Å²) in [5.74, 6) is 0.316. The molecule has 1 aliphatic carbocycles. The Bertz CT molecular complexity index is 663. The predicted molar refractivity (Wildman–Crippen MR) is 84.4 cm³/mol. The minimum atomic E-state index is -0.906. The van der Waals surface area contributed by atoms with Crippen LogP contribution in [0.2, 0.25) is 0 Å². The van der Waals surface area contributed by atoms with Crippen molar-refractivity contribution < 1.29 is 14.3 Å². The number of hydrogen-bond acceptors (Lipinski definition) is 2. The molecule has 1 aromatic heterocycles. The molecule has 1 saturated carbocycles. The second-order valence-corrected chi connectivity index (χ2v) is 5.94. The molecule has 122 valence electrons. The van der Waals surface area contributed by atoms with Crippen LogP contribution in [-0.4, -0.2) is 32.1 Å². The van der Waals surface area contributed by atoms with Gasteiger partial charge >= 0.3 is 6.09 Å². The van der Waals surface area contributed by atoms with Crippen molar-refractivity contribution >= 4 is 6.09 Å². The van der Waals surface area contributed by atoms with Crippen molar-refractivity contribution in [2.45, 2.75) is 44.7 Å². The number of carboxylic acid groups (broad SMARTS) is 1. The largest absolute Gasteiger partial charge is 0.465 e. The lowest BCUT2D eigenvalue weighted by Crippen LogP contribution is -2.40. The quantitative estimate of drug-likeness (QED) is 0.894. The molecule has 2 N–H and O–H groups in total. The van der Waals surface area contributed by atoms with Crippen LogP contribution >= 0.6 is 0 Å². The lowest BCUT2D eigenvalue weighted by molar-refractivity contribution is 0.105. The molecular weight excluding hydrogens is 297 g/mol. The Hall–Kier alpha value is -2.37. The van der Waals surface area contributed by atoms with E-state index in [2.05, 4.69) is 9.97 Å². The minimum Gasteiger partial charge on any atom is -0.465 e. The van der Waals surface area contributed by atoms with Crippen LogP contribution in [0.4, 0.5) is 9.18 Å². The smallest absolute Gasteiger partial charge is 0.407 e. The first-order valence-electron chi connectivity index (χ1n) is 7.93. The molecule has 1 heterocycles. The van der Waals surface area contributed by atoms with Crippen LogP contribution in [-0.2, 0) is 6.54 Å². The van der Waals surface area contributed by atoms with Crippen LogP contribution in [0.15, 0.2) is 30.5 Å². The van der Waals surface area contributed by atoms with E-state index in [0.29, 0.717) is 11.5 Å². The van der Waals surface area contributed by atoms with Gasteiger partial charge in [0.25, 0.3) is 0 Å². The number of amides is 1. The van der Waals surface area contributed by atoms with Gasteiger partial charge in [-0.1, -0.05) is 19.3 Å². The summed E-state index contributed by atoms with van der Waals surface area (Å²) in [7, 11) is 0. The number of aromatic nitrogens is 2. The Kier molecular flexibility index (Phi) is 4.60. The maximum absolute atomic E-state index is 13.0. The molecule has 6 heteroatoms. The number of nitrogens with zero attached hydrogens (tertiary/aromatic N) is 2. The fourth-order valence-corrected chi connectivity index (χ4v) is 3.12. The summed E-state index contributed by atoms with van der Waals surface area (Å²) in [5, 5.41) is 9.48. The van der Waals surface area contributed by atoms with Crippen molar-refractivity contribution in [1.82, 2.24) is 14.9 Å². The molecule has 0 spiro atoms. The first kappa shape index (κ1) is 15.5. The first-order chi connectivity index (χ1) is 11.1. The number of rotatable bonds is 4. The summed E-state index contributed by atoms with van der Waals surface area (Å²) in [6, 6.07) is 6.15. The SMILES string of the molecule is O=C(O)N(Cc1nc(-c2ccc(F)cc2)c[nH]1)C1CCCCC1. The maximum Gasteiger partial charge on any atom is 0.407 e. The highest BCUT2D eigenvalue weighted by molar-refractivity contribution is 5.65. The van der Waals surface area contributed by atoms with Gasteiger partial charge in [-0.2, -0.15) is 0 Å². The molecule has 0 radical (unpaired) electrons. The Morgan fingerprint density at radius 1 is 1.26 bits per heavy atom. The van der Waals surface area contributed by atoms with Crippen molar-refractivity contribution in [3.8, 4) is 11.3 Å². The van der Waals surface area contributed by atoms with Gasteiger partial charge in [0.1, 0.15) is 11.6 Å². The van der Waals surface area contributed by atoms with Crippen LogP contribution in [0.25, 0.3) is 11.3 Å². The van der Waals surface area contributed by atoms with E-state index < -0.39 is 6.09 Å². The molecule has 1 fully saturated rings. The van der Waals surface area contributed by atoms with E-state index in [1.165, 1.54) is 23.5 Å². The first-order valence-corrected chi connectivity index (χ1v) is 7.93. The predicted octanol–water partition coefficient (Wildman–Crippen LogP) is 4.03. The van der Waals surface area contributed by atoms with Gasteiger partial charge in [0.05, 0.1) is 12.2 Å². The maximum atomic E-state index is 13.0. The normalized spacial score (nSPS) is 15.5. The lowest BCUT2D eigenvalue weighted by atomic mass is 9.94. The van der Waals surface area contributed by atoms with Gasteiger partial charge in [-0.3, -0.25) is 4.90 Å². The molecule has 1 aliphatic rings. The van der Waals surface area contributed by atoms with E-state index in [4.69, 9.17) is 0 Å². The van der Waals surface area contributed by atoms with Crippen LogP contribution in [0.5, 0.6) is 0 Å². The van der Waals surface area contributed by atoms with Gasteiger partial charge < -0.3 is 10.1 Å². The second-order valence-electron chi connectivity index (χ2n) is 5.94.